The molecule has 2 heterocycles. The minimum Gasteiger partial charge on any atom is -0.466 e. The maximum absolute atomic E-state index is 12.2. The molecule has 1 aromatic heterocycles. The van der Waals surface area contributed by atoms with Crippen LogP contribution in [0.2, 0.25) is 0 Å². The number of carbonyl (C=O) groups excluding carboxylic acids is 1. The first-order valence-corrected chi connectivity index (χ1v) is 7.34. The van der Waals surface area contributed by atoms with Gasteiger partial charge >= 0.3 is 0 Å². The third kappa shape index (κ3) is 3.03. The molecule has 0 unspecified atom stereocenters. The number of hydrogen-bond acceptors (Lipinski definition) is 5. The molecule has 2 N–H and O–H groups in total. The SMILES string of the molecule is Cc1cc(C(=O)NC[C@@](C)(O)c2ccc3c(c2)OCO3)c(C)o1. The molecule has 1 amide bonds. The van der Waals surface area contributed by atoms with Crippen molar-refractivity contribution < 1.29 is 23.8 Å². The number of aryl methyl sites for hydroxylation is 2. The lowest BCUT2D eigenvalue weighted by molar-refractivity contribution is 0.0524. The second-order valence-corrected chi connectivity index (χ2v) is 5.85. The van der Waals surface area contributed by atoms with Crippen LogP contribution in [0.15, 0.2) is 28.7 Å². The summed E-state index contributed by atoms with van der Waals surface area (Å²) in [5.74, 6) is 2.20. The number of nitrogens with one attached hydrogen (secondary N) is 1. The van der Waals surface area contributed by atoms with E-state index in [4.69, 9.17) is 13.9 Å². The van der Waals surface area contributed by atoms with Gasteiger partial charge in [0.1, 0.15) is 17.1 Å². The predicted molar refractivity (Wildman–Crippen MR) is 82.7 cm³/mol. The standard InChI is InChI=1S/C17H19NO5/c1-10-6-13(11(2)23-10)16(19)18-8-17(3,20)12-4-5-14-15(7-12)22-9-21-14/h4-7,20H,8-9H2,1-3H3,(H,18,19)/t17-/m1/s1. The molecule has 3 rings (SSSR count). The van der Waals surface area contributed by atoms with Crippen LogP contribution in [0.1, 0.15) is 34.4 Å². The van der Waals surface area contributed by atoms with E-state index in [0.29, 0.717) is 34.1 Å². The van der Waals surface area contributed by atoms with Crippen molar-refractivity contribution in [3.8, 4) is 11.5 Å². The van der Waals surface area contributed by atoms with Gasteiger partial charge < -0.3 is 24.3 Å². The first kappa shape index (κ1) is 15.4. The highest BCUT2D eigenvalue weighted by atomic mass is 16.7. The second kappa shape index (κ2) is 5.62. The van der Waals surface area contributed by atoms with E-state index in [1.807, 2.05) is 0 Å². The number of amides is 1. The van der Waals surface area contributed by atoms with Gasteiger partial charge in [0.2, 0.25) is 6.79 Å². The highest BCUT2D eigenvalue weighted by Gasteiger charge is 2.27. The minimum absolute atomic E-state index is 0.0646. The number of aliphatic hydroxyl groups is 1. The zero-order valence-electron chi connectivity index (χ0n) is 13.3. The predicted octanol–water partition coefficient (Wildman–Crippen LogP) is 2.26. The summed E-state index contributed by atoms with van der Waals surface area (Å²) in [6.45, 7) is 5.40. The molecule has 0 aliphatic carbocycles. The van der Waals surface area contributed by atoms with Crippen LogP contribution >= 0.6 is 0 Å². The van der Waals surface area contributed by atoms with Gasteiger partial charge in [0.25, 0.3) is 5.91 Å². The van der Waals surface area contributed by atoms with Crippen LogP contribution in [0.25, 0.3) is 0 Å². The minimum atomic E-state index is -1.23. The van der Waals surface area contributed by atoms with Crippen molar-refractivity contribution >= 4 is 5.91 Å². The van der Waals surface area contributed by atoms with Crippen molar-refractivity contribution in [1.82, 2.24) is 5.32 Å². The molecule has 0 saturated carbocycles. The summed E-state index contributed by atoms with van der Waals surface area (Å²) in [6.07, 6.45) is 0. The Morgan fingerprint density at radius 3 is 2.70 bits per heavy atom. The van der Waals surface area contributed by atoms with Crippen molar-refractivity contribution in [2.24, 2.45) is 0 Å². The van der Waals surface area contributed by atoms with Crippen molar-refractivity contribution in [2.45, 2.75) is 26.4 Å². The van der Waals surface area contributed by atoms with Crippen LogP contribution in [0, 0.1) is 13.8 Å². The zero-order chi connectivity index (χ0) is 16.6. The molecule has 122 valence electrons. The van der Waals surface area contributed by atoms with Crippen LogP contribution in [0.5, 0.6) is 11.5 Å². The van der Waals surface area contributed by atoms with Gasteiger partial charge in [0.15, 0.2) is 11.5 Å². The Kier molecular flexibility index (Phi) is 3.77. The highest BCUT2D eigenvalue weighted by Crippen LogP contribution is 2.35. The van der Waals surface area contributed by atoms with Gasteiger partial charge in [-0.05, 0) is 44.5 Å². The normalized spacial score (nSPS) is 15.3. The fourth-order valence-electron chi connectivity index (χ4n) is 2.54. The molecule has 1 aliphatic heterocycles. The Balaban J connectivity index is 1.71. The first-order valence-electron chi connectivity index (χ1n) is 7.34. The molecule has 0 bridgehead atoms. The lowest BCUT2D eigenvalue weighted by atomic mass is 9.95. The van der Waals surface area contributed by atoms with Crippen molar-refractivity contribution in [2.75, 3.05) is 13.3 Å². The van der Waals surface area contributed by atoms with Crippen LogP contribution in [0.3, 0.4) is 0 Å². The van der Waals surface area contributed by atoms with E-state index in [2.05, 4.69) is 5.32 Å². The van der Waals surface area contributed by atoms with E-state index >= 15 is 0 Å². The molecule has 0 fully saturated rings. The van der Waals surface area contributed by atoms with Crippen LogP contribution in [-0.2, 0) is 5.60 Å². The van der Waals surface area contributed by atoms with E-state index in [1.54, 1.807) is 45.0 Å². The van der Waals surface area contributed by atoms with Gasteiger partial charge in [-0.2, -0.15) is 0 Å². The maximum atomic E-state index is 12.2. The van der Waals surface area contributed by atoms with Crippen LogP contribution < -0.4 is 14.8 Å². The van der Waals surface area contributed by atoms with Gasteiger partial charge in [-0.25, -0.2) is 0 Å². The molecule has 0 radical (unpaired) electrons. The number of carbonyl (C=O) groups is 1. The summed E-state index contributed by atoms with van der Waals surface area (Å²) in [5, 5.41) is 13.4. The smallest absolute Gasteiger partial charge is 0.254 e. The molecular formula is C17H19NO5. The quantitative estimate of drug-likeness (QED) is 0.904. The van der Waals surface area contributed by atoms with Gasteiger partial charge in [-0.1, -0.05) is 6.07 Å². The van der Waals surface area contributed by atoms with E-state index in [9.17, 15) is 9.90 Å². The maximum Gasteiger partial charge on any atom is 0.254 e. The van der Waals surface area contributed by atoms with E-state index in [1.165, 1.54) is 0 Å². The molecule has 0 saturated heterocycles. The van der Waals surface area contributed by atoms with Crippen molar-refractivity contribution in [1.29, 1.82) is 0 Å². The molecule has 2 aromatic rings. The summed E-state index contributed by atoms with van der Waals surface area (Å²) in [6, 6.07) is 6.91. The Labute approximate surface area is 134 Å². The number of hydrogen-bond donors (Lipinski definition) is 2. The molecule has 6 heteroatoms. The molecule has 1 atom stereocenters. The molecule has 23 heavy (non-hydrogen) atoms. The number of rotatable bonds is 4. The Morgan fingerprint density at radius 1 is 1.26 bits per heavy atom. The fourth-order valence-corrected chi connectivity index (χ4v) is 2.54. The van der Waals surface area contributed by atoms with E-state index in [0.717, 1.165) is 0 Å². The van der Waals surface area contributed by atoms with Crippen molar-refractivity contribution in [3.05, 3.63) is 46.9 Å². The summed E-state index contributed by atoms with van der Waals surface area (Å²) < 4.78 is 15.9. The Morgan fingerprint density at radius 2 is 2.00 bits per heavy atom. The summed E-state index contributed by atoms with van der Waals surface area (Å²) in [7, 11) is 0. The molecule has 1 aromatic carbocycles. The van der Waals surface area contributed by atoms with E-state index < -0.39 is 5.60 Å². The van der Waals surface area contributed by atoms with Gasteiger partial charge in [-0.15, -0.1) is 0 Å². The third-order valence-corrected chi connectivity index (χ3v) is 3.87. The average molecular weight is 317 g/mol. The topological polar surface area (TPSA) is 80.9 Å². The number of furan rings is 1. The molecule has 6 nitrogen and oxygen atoms in total. The second-order valence-electron chi connectivity index (χ2n) is 5.85. The monoisotopic (exact) mass is 317 g/mol. The Hall–Kier alpha value is -2.47. The molecular weight excluding hydrogens is 298 g/mol. The summed E-state index contributed by atoms with van der Waals surface area (Å²) in [5.41, 5.74) is -0.116. The average Bonchev–Trinajstić information content (AvgIpc) is 3.10. The zero-order valence-corrected chi connectivity index (χ0v) is 13.3. The molecule has 1 aliphatic rings. The van der Waals surface area contributed by atoms with Gasteiger partial charge in [0.05, 0.1) is 12.1 Å². The van der Waals surface area contributed by atoms with Crippen molar-refractivity contribution in [3.63, 3.8) is 0 Å². The summed E-state index contributed by atoms with van der Waals surface area (Å²) in [4.78, 5) is 12.2. The first-order chi connectivity index (χ1) is 10.9. The fraction of sp³-hybridized carbons (Fsp3) is 0.353. The number of fused-ring (bicyclic) bond motifs is 1. The number of benzene rings is 1. The molecule has 0 spiro atoms. The van der Waals surface area contributed by atoms with E-state index in [-0.39, 0.29) is 19.2 Å². The highest BCUT2D eigenvalue weighted by molar-refractivity contribution is 5.95. The number of ether oxygens (including phenoxy) is 2. The Bertz CT molecular complexity index is 747. The van der Waals surface area contributed by atoms with Gasteiger partial charge in [-0.3, -0.25) is 4.79 Å². The van der Waals surface area contributed by atoms with Crippen LogP contribution in [-0.4, -0.2) is 24.4 Å². The lowest BCUT2D eigenvalue weighted by Gasteiger charge is -2.24. The third-order valence-electron chi connectivity index (χ3n) is 3.87. The summed E-state index contributed by atoms with van der Waals surface area (Å²) >= 11 is 0. The van der Waals surface area contributed by atoms with Crippen LogP contribution in [0.4, 0.5) is 0 Å². The largest absolute Gasteiger partial charge is 0.466 e. The lowest BCUT2D eigenvalue weighted by Crippen LogP contribution is -2.38. The van der Waals surface area contributed by atoms with Gasteiger partial charge in [0, 0.05) is 0 Å².